The molecule has 2 aromatic heterocycles. The van der Waals surface area contributed by atoms with E-state index in [1.165, 1.54) is 22.9 Å². The Morgan fingerprint density at radius 3 is 2.50 bits per heavy atom. The normalized spacial score (nSPS) is 13.2. The second-order valence-electron chi connectivity index (χ2n) is 6.61. The number of rotatable bonds is 4. The topological polar surface area (TPSA) is 51.8 Å². The smallest absolute Gasteiger partial charge is 0.196 e. The minimum absolute atomic E-state index is 0.314. The maximum atomic E-state index is 5.99. The Labute approximate surface area is 144 Å². The van der Waals surface area contributed by atoms with Gasteiger partial charge in [-0.2, -0.15) is 8.75 Å². The van der Waals surface area contributed by atoms with Crippen LogP contribution in [0, 0.1) is 0 Å². The zero-order valence-corrected chi connectivity index (χ0v) is 14.8. The summed E-state index contributed by atoms with van der Waals surface area (Å²) in [4.78, 5) is 4.64. The van der Waals surface area contributed by atoms with Crippen molar-refractivity contribution in [1.29, 1.82) is 0 Å². The van der Waals surface area contributed by atoms with Gasteiger partial charge in [0.15, 0.2) is 11.5 Å². The number of benzene rings is 2. The van der Waals surface area contributed by atoms with Crippen LogP contribution < -0.4 is 0 Å². The van der Waals surface area contributed by atoms with Gasteiger partial charge in [0, 0.05) is 6.42 Å². The van der Waals surface area contributed by atoms with Gasteiger partial charge in [-0.15, -0.1) is 0 Å². The van der Waals surface area contributed by atoms with Crippen LogP contribution in [-0.2, 0) is 6.42 Å². The molecule has 2 heterocycles. The first kappa shape index (κ1) is 15.3. The van der Waals surface area contributed by atoms with Gasteiger partial charge in [0.05, 0.1) is 11.7 Å². The molecule has 122 valence electrons. The van der Waals surface area contributed by atoms with Crippen LogP contribution >= 0.6 is 11.7 Å². The zero-order chi connectivity index (χ0) is 16.7. The highest BCUT2D eigenvalue weighted by molar-refractivity contribution is 7.00. The van der Waals surface area contributed by atoms with Crippen molar-refractivity contribution in [3.63, 3.8) is 0 Å². The Balaban J connectivity index is 1.60. The predicted molar refractivity (Wildman–Crippen MR) is 97.6 cm³/mol. The molecule has 0 bridgehead atoms. The summed E-state index contributed by atoms with van der Waals surface area (Å²) >= 11 is 1.25. The Morgan fingerprint density at radius 1 is 0.917 bits per heavy atom. The summed E-state index contributed by atoms with van der Waals surface area (Å²) in [5.41, 5.74) is 6.24. The van der Waals surface area contributed by atoms with Crippen LogP contribution in [0.1, 0.15) is 49.6 Å². The van der Waals surface area contributed by atoms with E-state index in [1.807, 2.05) is 6.07 Å². The van der Waals surface area contributed by atoms with Crippen molar-refractivity contribution in [3.8, 4) is 0 Å². The number of hydrogen-bond acceptors (Lipinski definition) is 5. The highest BCUT2D eigenvalue weighted by atomic mass is 32.1. The Morgan fingerprint density at radius 2 is 1.67 bits per heavy atom. The van der Waals surface area contributed by atoms with Crippen LogP contribution in [0.5, 0.6) is 0 Å². The summed E-state index contributed by atoms with van der Waals surface area (Å²) in [6.45, 7) is 6.56. The first-order chi connectivity index (χ1) is 11.6. The molecule has 1 unspecified atom stereocenters. The maximum Gasteiger partial charge on any atom is 0.196 e. The second kappa shape index (κ2) is 5.98. The molecule has 0 spiro atoms. The first-order valence-electron chi connectivity index (χ1n) is 8.22. The van der Waals surface area contributed by atoms with Gasteiger partial charge < -0.3 is 4.42 Å². The lowest BCUT2D eigenvalue weighted by atomic mass is 9.97. The molecule has 0 saturated heterocycles. The van der Waals surface area contributed by atoms with E-state index in [2.05, 4.69) is 64.8 Å². The highest BCUT2D eigenvalue weighted by Gasteiger charge is 2.14. The lowest BCUT2D eigenvalue weighted by molar-refractivity contribution is 0.507. The molecule has 0 fully saturated rings. The number of oxazole rings is 1. The van der Waals surface area contributed by atoms with Crippen LogP contribution in [-0.4, -0.2) is 13.7 Å². The molecule has 0 aliphatic rings. The van der Waals surface area contributed by atoms with E-state index in [1.54, 1.807) is 0 Å². The van der Waals surface area contributed by atoms with Gasteiger partial charge in [0.1, 0.15) is 16.6 Å². The van der Waals surface area contributed by atoms with Gasteiger partial charge in [0.25, 0.3) is 0 Å². The third-order valence-corrected chi connectivity index (χ3v) is 5.01. The molecular formula is C19H19N3OS. The quantitative estimate of drug-likeness (QED) is 0.507. The van der Waals surface area contributed by atoms with Gasteiger partial charge >= 0.3 is 0 Å². The Kier molecular flexibility index (Phi) is 3.81. The van der Waals surface area contributed by atoms with Gasteiger partial charge in [0.2, 0.25) is 0 Å². The number of aromatic nitrogens is 3. The molecule has 2 aromatic carbocycles. The van der Waals surface area contributed by atoms with Crippen LogP contribution in [0.15, 0.2) is 40.8 Å². The number of nitrogens with zero attached hydrogens (tertiary/aromatic N) is 3. The van der Waals surface area contributed by atoms with E-state index in [-0.39, 0.29) is 0 Å². The average molecular weight is 337 g/mol. The highest BCUT2D eigenvalue weighted by Crippen LogP contribution is 2.27. The van der Waals surface area contributed by atoms with Crippen molar-refractivity contribution >= 4 is 33.9 Å². The molecule has 0 aliphatic heterocycles. The molecular weight excluding hydrogens is 318 g/mol. The molecule has 5 heteroatoms. The minimum Gasteiger partial charge on any atom is -0.441 e. The Hall–Kier alpha value is -2.27. The van der Waals surface area contributed by atoms with Crippen molar-refractivity contribution < 1.29 is 4.42 Å². The predicted octanol–water partition coefficient (Wildman–Crippen LogP) is 5.30. The summed E-state index contributed by atoms with van der Waals surface area (Å²) in [5.74, 6) is 1.59. The molecule has 0 saturated carbocycles. The van der Waals surface area contributed by atoms with Gasteiger partial charge in [-0.25, -0.2) is 4.98 Å². The second-order valence-corrected chi connectivity index (χ2v) is 7.14. The van der Waals surface area contributed by atoms with Crippen LogP contribution in [0.3, 0.4) is 0 Å². The molecule has 4 rings (SSSR count). The van der Waals surface area contributed by atoms with E-state index in [0.717, 1.165) is 34.4 Å². The Bertz CT molecular complexity index is 1000. The molecule has 0 amide bonds. The zero-order valence-electron chi connectivity index (χ0n) is 14.0. The van der Waals surface area contributed by atoms with Crippen molar-refractivity contribution in [3.05, 3.63) is 53.4 Å². The van der Waals surface area contributed by atoms with E-state index in [0.29, 0.717) is 11.8 Å². The molecule has 0 N–H and O–H groups in total. The third kappa shape index (κ3) is 2.80. The fourth-order valence-corrected chi connectivity index (χ4v) is 3.44. The average Bonchev–Trinajstić information content (AvgIpc) is 3.18. The van der Waals surface area contributed by atoms with Crippen molar-refractivity contribution in [2.75, 3.05) is 0 Å². The molecule has 0 radical (unpaired) electrons. The molecule has 0 aliphatic carbocycles. The maximum absolute atomic E-state index is 5.99. The first-order valence-corrected chi connectivity index (χ1v) is 8.95. The van der Waals surface area contributed by atoms with Crippen LogP contribution in [0.2, 0.25) is 0 Å². The van der Waals surface area contributed by atoms with E-state index in [4.69, 9.17) is 4.42 Å². The fourth-order valence-electron chi connectivity index (χ4n) is 2.92. The largest absolute Gasteiger partial charge is 0.441 e. The van der Waals surface area contributed by atoms with Crippen LogP contribution in [0.4, 0.5) is 0 Å². The monoisotopic (exact) mass is 337 g/mol. The fraction of sp³-hybridized carbons (Fsp3) is 0.316. The number of fused-ring (bicyclic) bond motifs is 2. The van der Waals surface area contributed by atoms with E-state index >= 15 is 0 Å². The lowest BCUT2D eigenvalue weighted by Crippen LogP contribution is -1.98. The van der Waals surface area contributed by atoms with Gasteiger partial charge in [-0.1, -0.05) is 32.9 Å². The molecule has 24 heavy (non-hydrogen) atoms. The van der Waals surface area contributed by atoms with Gasteiger partial charge in [-0.3, -0.25) is 0 Å². The summed E-state index contributed by atoms with van der Waals surface area (Å²) in [6.07, 6.45) is 0.773. The van der Waals surface area contributed by atoms with Crippen molar-refractivity contribution in [2.24, 2.45) is 0 Å². The summed E-state index contributed by atoms with van der Waals surface area (Å²) in [5, 5.41) is 0. The van der Waals surface area contributed by atoms with Crippen molar-refractivity contribution in [1.82, 2.24) is 13.7 Å². The molecule has 4 aromatic rings. The summed E-state index contributed by atoms with van der Waals surface area (Å²) in [6, 6.07) is 12.6. The van der Waals surface area contributed by atoms with E-state index < -0.39 is 0 Å². The third-order valence-electron chi connectivity index (χ3n) is 4.45. The lowest BCUT2D eigenvalue weighted by Gasteiger charge is -2.09. The molecule has 4 nitrogen and oxygen atoms in total. The number of hydrogen-bond donors (Lipinski definition) is 0. The van der Waals surface area contributed by atoms with Crippen molar-refractivity contribution in [2.45, 2.75) is 39.0 Å². The van der Waals surface area contributed by atoms with Crippen LogP contribution in [0.25, 0.3) is 22.1 Å². The summed E-state index contributed by atoms with van der Waals surface area (Å²) < 4.78 is 14.6. The molecule has 1 atom stereocenters. The standard InChI is InChI=1S/C19H19N3OS/c1-11(2)13-4-7-16-18(10-13)23-19(20-16)8-12(3)14-5-6-15-17(9-14)22-24-21-15/h4-7,9-12H,8H2,1-3H3. The van der Waals surface area contributed by atoms with Gasteiger partial charge in [-0.05, 0) is 47.2 Å². The van der Waals surface area contributed by atoms with E-state index in [9.17, 15) is 0 Å². The minimum atomic E-state index is 0.314. The SMILES string of the molecule is CC(C)c1ccc2nc(CC(C)c3ccc4nsnc4c3)oc2c1. The summed E-state index contributed by atoms with van der Waals surface area (Å²) in [7, 11) is 0.